The van der Waals surface area contributed by atoms with Crippen LogP contribution in [0.3, 0.4) is 0 Å². The SMILES string of the molecule is CC(C)(C)c1ccnc(-n2c3ccccc3c3ccc(Oc4cccc(-n5cc6[n+](c5)-c5ccccc5C(C)(C)C6(C)C)c4)cc32)c1. The van der Waals surface area contributed by atoms with Crippen LogP contribution in [0.1, 0.15) is 65.3 Å². The third kappa shape index (κ3) is 4.51. The number of pyridine rings is 1. The lowest BCUT2D eigenvalue weighted by Gasteiger charge is -2.44. The van der Waals surface area contributed by atoms with Crippen molar-refractivity contribution in [2.45, 2.75) is 64.7 Å². The van der Waals surface area contributed by atoms with Crippen LogP contribution in [0.4, 0.5) is 0 Å². The molecule has 4 aromatic carbocycles. The lowest BCUT2D eigenvalue weighted by molar-refractivity contribution is -0.613. The Bertz CT molecular complexity index is 2330. The maximum absolute atomic E-state index is 6.59. The second kappa shape index (κ2) is 10.2. The molecular formula is C42H41N4O+. The summed E-state index contributed by atoms with van der Waals surface area (Å²) < 4.78 is 13.4. The minimum absolute atomic E-state index is 0.0164. The van der Waals surface area contributed by atoms with E-state index in [-0.39, 0.29) is 16.2 Å². The number of hydrogen-bond acceptors (Lipinski definition) is 2. The zero-order chi connectivity index (χ0) is 32.7. The van der Waals surface area contributed by atoms with Gasteiger partial charge in [0.25, 0.3) is 6.33 Å². The molecule has 0 radical (unpaired) electrons. The molecule has 0 unspecified atom stereocenters. The molecule has 5 nitrogen and oxygen atoms in total. The first-order valence-corrected chi connectivity index (χ1v) is 16.5. The van der Waals surface area contributed by atoms with Gasteiger partial charge < -0.3 is 4.74 Å². The van der Waals surface area contributed by atoms with Crippen LogP contribution in [-0.4, -0.2) is 14.1 Å². The predicted molar refractivity (Wildman–Crippen MR) is 191 cm³/mol. The largest absolute Gasteiger partial charge is 0.457 e. The van der Waals surface area contributed by atoms with Crippen molar-refractivity contribution >= 4 is 21.8 Å². The molecule has 5 heteroatoms. The maximum atomic E-state index is 6.59. The highest BCUT2D eigenvalue weighted by molar-refractivity contribution is 6.09. The zero-order valence-corrected chi connectivity index (χ0v) is 28.2. The number of imidazole rings is 1. The van der Waals surface area contributed by atoms with E-state index in [0.717, 1.165) is 34.0 Å². The Morgan fingerprint density at radius 1 is 0.702 bits per heavy atom. The van der Waals surface area contributed by atoms with Gasteiger partial charge in [-0.15, -0.1) is 0 Å². The van der Waals surface area contributed by atoms with Crippen molar-refractivity contribution in [1.82, 2.24) is 14.1 Å². The molecule has 7 aromatic rings. The van der Waals surface area contributed by atoms with Crippen molar-refractivity contribution in [1.29, 1.82) is 0 Å². The van der Waals surface area contributed by atoms with Gasteiger partial charge in [0.2, 0.25) is 0 Å². The van der Waals surface area contributed by atoms with E-state index in [1.54, 1.807) is 0 Å². The Morgan fingerprint density at radius 2 is 1.45 bits per heavy atom. The molecule has 4 heterocycles. The number of rotatable bonds is 4. The van der Waals surface area contributed by atoms with Crippen LogP contribution >= 0.6 is 0 Å². The minimum Gasteiger partial charge on any atom is -0.457 e. The first-order chi connectivity index (χ1) is 22.4. The van der Waals surface area contributed by atoms with Crippen molar-refractivity contribution < 1.29 is 9.30 Å². The van der Waals surface area contributed by atoms with E-state index in [9.17, 15) is 0 Å². The summed E-state index contributed by atoms with van der Waals surface area (Å²) >= 11 is 0. The standard InChI is InChI=1S/C42H41N4O/c1-40(2,3)28-21-22-43-39(23-28)46-35-17-10-8-15-32(35)33-20-19-31(25-37(33)46)47-30-14-12-13-29(24-30)44-26-38-42(6,7)41(4,5)34-16-9-11-18-36(34)45(38)27-44/h8-27H,1-7H3/q+1. The zero-order valence-electron chi connectivity index (χ0n) is 28.2. The molecule has 3 aromatic heterocycles. The van der Waals surface area contributed by atoms with Gasteiger partial charge in [0.15, 0.2) is 5.69 Å². The number of hydrogen-bond donors (Lipinski definition) is 0. The Balaban J connectivity index is 1.19. The van der Waals surface area contributed by atoms with Crippen LogP contribution in [0.25, 0.3) is 39.0 Å². The number of para-hydroxylation sites is 2. The number of ether oxygens (including phenoxy) is 1. The van der Waals surface area contributed by atoms with Crippen molar-refractivity contribution in [2.24, 2.45) is 0 Å². The van der Waals surface area contributed by atoms with Crippen LogP contribution in [0.5, 0.6) is 11.5 Å². The fourth-order valence-corrected chi connectivity index (χ4v) is 7.19. The summed E-state index contributed by atoms with van der Waals surface area (Å²) in [5.74, 6) is 2.47. The van der Waals surface area contributed by atoms with E-state index >= 15 is 0 Å². The summed E-state index contributed by atoms with van der Waals surface area (Å²) in [6, 6.07) is 36.3. The molecule has 0 bridgehead atoms. The topological polar surface area (TPSA) is 35.9 Å². The first kappa shape index (κ1) is 29.3. The lowest BCUT2D eigenvalue weighted by atomic mass is 9.60. The van der Waals surface area contributed by atoms with Crippen LogP contribution in [0.15, 0.2) is 122 Å². The smallest absolute Gasteiger partial charge is 0.254 e. The third-order valence-corrected chi connectivity index (χ3v) is 10.6. The van der Waals surface area contributed by atoms with Gasteiger partial charge in [0.05, 0.1) is 11.0 Å². The maximum Gasteiger partial charge on any atom is 0.254 e. The van der Waals surface area contributed by atoms with E-state index in [1.807, 2.05) is 12.3 Å². The van der Waals surface area contributed by atoms with E-state index in [2.05, 4.69) is 172 Å². The molecular weight excluding hydrogens is 576 g/mol. The second-order valence-electron chi connectivity index (χ2n) is 15.0. The first-order valence-electron chi connectivity index (χ1n) is 16.5. The summed E-state index contributed by atoms with van der Waals surface area (Å²) in [6.07, 6.45) is 6.40. The monoisotopic (exact) mass is 617 g/mol. The van der Waals surface area contributed by atoms with Gasteiger partial charge in [-0.2, -0.15) is 4.57 Å². The van der Waals surface area contributed by atoms with Crippen molar-refractivity contribution in [3.63, 3.8) is 0 Å². The summed E-state index contributed by atoms with van der Waals surface area (Å²) in [5, 5.41) is 2.37. The highest BCUT2D eigenvalue weighted by Crippen LogP contribution is 2.47. The number of aromatic nitrogens is 4. The Labute approximate surface area is 276 Å². The Morgan fingerprint density at radius 3 is 2.28 bits per heavy atom. The highest BCUT2D eigenvalue weighted by atomic mass is 16.5. The molecule has 1 aliphatic heterocycles. The van der Waals surface area contributed by atoms with E-state index < -0.39 is 0 Å². The van der Waals surface area contributed by atoms with Crippen LogP contribution < -0.4 is 9.30 Å². The number of benzene rings is 4. The van der Waals surface area contributed by atoms with Crippen LogP contribution in [0.2, 0.25) is 0 Å². The third-order valence-electron chi connectivity index (χ3n) is 10.6. The summed E-state index contributed by atoms with van der Waals surface area (Å²) in [4.78, 5) is 4.83. The number of nitrogens with zero attached hydrogens (tertiary/aromatic N) is 4. The van der Waals surface area contributed by atoms with Gasteiger partial charge in [-0.1, -0.05) is 90.9 Å². The average Bonchev–Trinajstić information content (AvgIpc) is 3.65. The fourth-order valence-electron chi connectivity index (χ4n) is 7.19. The average molecular weight is 618 g/mol. The highest BCUT2D eigenvalue weighted by Gasteiger charge is 2.50. The predicted octanol–water partition coefficient (Wildman–Crippen LogP) is 9.90. The molecule has 8 rings (SSSR count). The minimum atomic E-state index is -0.0736. The molecule has 234 valence electrons. The van der Waals surface area contributed by atoms with Gasteiger partial charge in [0, 0.05) is 45.5 Å². The van der Waals surface area contributed by atoms with Crippen LogP contribution in [-0.2, 0) is 16.2 Å². The summed E-state index contributed by atoms with van der Waals surface area (Å²) in [5.41, 5.74) is 8.30. The van der Waals surface area contributed by atoms with Gasteiger partial charge in [-0.3, -0.25) is 4.57 Å². The molecule has 0 saturated heterocycles. The van der Waals surface area contributed by atoms with Gasteiger partial charge >= 0.3 is 0 Å². The van der Waals surface area contributed by atoms with Crippen LogP contribution in [0, 0.1) is 0 Å². The van der Waals surface area contributed by atoms with Crippen molar-refractivity contribution in [3.8, 4) is 28.7 Å². The lowest BCUT2D eigenvalue weighted by Crippen LogP contribution is -2.54. The Hall–Kier alpha value is -5.16. The Kier molecular flexibility index (Phi) is 6.33. The molecule has 0 aliphatic carbocycles. The van der Waals surface area contributed by atoms with Crippen molar-refractivity contribution in [3.05, 3.63) is 139 Å². The van der Waals surface area contributed by atoms with E-state index in [4.69, 9.17) is 9.72 Å². The van der Waals surface area contributed by atoms with E-state index in [1.165, 1.54) is 33.3 Å². The molecule has 0 spiro atoms. The molecule has 1 aliphatic rings. The number of fused-ring (bicyclic) bond motifs is 6. The molecule has 0 atom stereocenters. The fraction of sp³-hybridized carbons (Fsp3) is 0.238. The molecule has 0 N–H and O–H groups in total. The van der Waals surface area contributed by atoms with Crippen molar-refractivity contribution in [2.75, 3.05) is 0 Å². The molecule has 0 amide bonds. The van der Waals surface area contributed by atoms with Gasteiger partial charge in [0.1, 0.15) is 34.9 Å². The normalized spacial score (nSPS) is 15.0. The van der Waals surface area contributed by atoms with Gasteiger partial charge in [-0.25, -0.2) is 9.55 Å². The van der Waals surface area contributed by atoms with Gasteiger partial charge in [-0.05, 0) is 59.5 Å². The molecule has 0 fully saturated rings. The summed E-state index contributed by atoms with van der Waals surface area (Å²) in [6.45, 7) is 16.1. The second-order valence-corrected chi connectivity index (χ2v) is 15.0. The molecule has 0 saturated carbocycles. The quantitative estimate of drug-likeness (QED) is 0.184. The van der Waals surface area contributed by atoms with E-state index in [0.29, 0.717) is 0 Å². The molecule has 47 heavy (non-hydrogen) atoms. The summed E-state index contributed by atoms with van der Waals surface area (Å²) in [7, 11) is 0.